The number of rotatable bonds is 2. The van der Waals surface area contributed by atoms with Crippen LogP contribution in [0, 0.1) is 12.8 Å². The maximum Gasteiger partial charge on any atom is 0.255 e. The number of piperidine rings is 1. The van der Waals surface area contributed by atoms with E-state index in [1.165, 1.54) is 0 Å². The zero-order chi connectivity index (χ0) is 14.0. The van der Waals surface area contributed by atoms with Gasteiger partial charge in [0, 0.05) is 22.9 Å². The second-order valence-corrected chi connectivity index (χ2v) is 6.83. The lowest BCUT2D eigenvalue weighted by atomic mass is 9.93. The van der Waals surface area contributed by atoms with Crippen molar-refractivity contribution in [3.63, 3.8) is 0 Å². The van der Waals surface area contributed by atoms with Crippen molar-refractivity contribution in [1.29, 1.82) is 0 Å². The molecule has 1 heterocycles. The quantitative estimate of drug-likeness (QED) is 0.735. The van der Waals surface area contributed by atoms with E-state index in [4.69, 9.17) is 11.6 Å². The molecule has 1 fully saturated rings. The van der Waals surface area contributed by atoms with Gasteiger partial charge in [0.05, 0.1) is 5.56 Å². The van der Waals surface area contributed by atoms with Gasteiger partial charge in [-0.05, 0) is 60.7 Å². The van der Waals surface area contributed by atoms with Crippen LogP contribution >= 0.6 is 27.5 Å². The molecule has 0 aromatic heterocycles. The van der Waals surface area contributed by atoms with Crippen LogP contribution < -0.4 is 0 Å². The summed E-state index contributed by atoms with van der Waals surface area (Å²) in [5.74, 6) is 0.655. The molecule has 0 N–H and O–H groups in total. The Balaban J connectivity index is 2.07. The van der Waals surface area contributed by atoms with E-state index >= 15 is 0 Å². The van der Waals surface area contributed by atoms with Crippen molar-refractivity contribution < 1.29 is 4.79 Å². The number of hydrogen-bond acceptors (Lipinski definition) is 1. The summed E-state index contributed by atoms with van der Waals surface area (Å²) in [4.78, 5) is 14.5. The smallest absolute Gasteiger partial charge is 0.255 e. The molecule has 0 aliphatic carbocycles. The number of carbonyl (C=O) groups is 1. The van der Waals surface area contributed by atoms with E-state index in [2.05, 4.69) is 15.9 Å². The standard InChI is InChI=1S/C15H19BrClNO/c1-10-3-4-14(16)13(9-10)15(19)18-7-5-12(6-8-18)11(2)17/h3-4,9,11-12H,5-8H2,1-2H3. The van der Waals surface area contributed by atoms with Gasteiger partial charge in [-0.15, -0.1) is 11.6 Å². The van der Waals surface area contributed by atoms with Crippen LogP contribution in [0.15, 0.2) is 22.7 Å². The topological polar surface area (TPSA) is 20.3 Å². The Bertz CT molecular complexity index is 467. The molecule has 4 heteroatoms. The van der Waals surface area contributed by atoms with E-state index in [1.54, 1.807) is 0 Å². The highest BCUT2D eigenvalue weighted by Gasteiger charge is 2.26. The minimum atomic E-state index is 0.122. The van der Waals surface area contributed by atoms with Gasteiger partial charge in [0.1, 0.15) is 0 Å². The van der Waals surface area contributed by atoms with Crippen LogP contribution in [-0.2, 0) is 0 Å². The summed E-state index contributed by atoms with van der Waals surface area (Å²) in [6.07, 6.45) is 2.00. The minimum Gasteiger partial charge on any atom is -0.339 e. The fraction of sp³-hybridized carbons (Fsp3) is 0.533. The summed E-state index contributed by atoms with van der Waals surface area (Å²) in [5.41, 5.74) is 1.87. The van der Waals surface area contributed by atoms with Crippen molar-refractivity contribution in [2.24, 2.45) is 5.92 Å². The van der Waals surface area contributed by atoms with Crippen molar-refractivity contribution in [2.45, 2.75) is 32.1 Å². The highest BCUT2D eigenvalue weighted by atomic mass is 79.9. The Hall–Kier alpha value is -0.540. The molecule has 1 atom stereocenters. The number of benzene rings is 1. The largest absolute Gasteiger partial charge is 0.339 e. The summed E-state index contributed by atoms with van der Waals surface area (Å²) < 4.78 is 0.871. The lowest BCUT2D eigenvalue weighted by molar-refractivity contribution is 0.0689. The van der Waals surface area contributed by atoms with Crippen molar-refractivity contribution >= 4 is 33.4 Å². The average molecular weight is 345 g/mol. The van der Waals surface area contributed by atoms with Crippen LogP contribution in [0.3, 0.4) is 0 Å². The van der Waals surface area contributed by atoms with Crippen LogP contribution in [0.5, 0.6) is 0 Å². The Morgan fingerprint density at radius 3 is 2.63 bits per heavy atom. The van der Waals surface area contributed by atoms with Gasteiger partial charge in [-0.25, -0.2) is 0 Å². The minimum absolute atomic E-state index is 0.122. The van der Waals surface area contributed by atoms with Crippen LogP contribution in [0.25, 0.3) is 0 Å². The summed E-state index contributed by atoms with van der Waals surface area (Å²) in [7, 11) is 0. The van der Waals surface area contributed by atoms with Gasteiger partial charge in [-0.2, -0.15) is 0 Å². The average Bonchev–Trinajstić information content (AvgIpc) is 2.41. The van der Waals surface area contributed by atoms with Crippen LogP contribution in [0.4, 0.5) is 0 Å². The lowest BCUT2D eigenvalue weighted by Crippen LogP contribution is -2.40. The number of aryl methyl sites for hydroxylation is 1. The lowest BCUT2D eigenvalue weighted by Gasteiger charge is -2.33. The molecule has 2 nitrogen and oxygen atoms in total. The molecule has 2 rings (SSSR count). The molecule has 0 bridgehead atoms. The Morgan fingerprint density at radius 2 is 2.05 bits per heavy atom. The molecule has 19 heavy (non-hydrogen) atoms. The number of nitrogens with zero attached hydrogens (tertiary/aromatic N) is 1. The van der Waals surface area contributed by atoms with Crippen molar-refractivity contribution in [3.8, 4) is 0 Å². The second-order valence-electron chi connectivity index (χ2n) is 5.29. The third-order valence-corrected chi connectivity index (χ3v) is 4.88. The molecule has 1 unspecified atom stereocenters. The first kappa shape index (κ1) is 14.9. The Morgan fingerprint density at radius 1 is 1.42 bits per heavy atom. The first-order valence-electron chi connectivity index (χ1n) is 6.68. The van der Waals surface area contributed by atoms with E-state index in [0.29, 0.717) is 5.92 Å². The molecular weight excluding hydrogens is 326 g/mol. The second kappa shape index (κ2) is 6.27. The first-order chi connectivity index (χ1) is 8.99. The maximum atomic E-state index is 12.5. The van der Waals surface area contributed by atoms with E-state index < -0.39 is 0 Å². The summed E-state index contributed by atoms with van der Waals surface area (Å²) >= 11 is 9.60. The monoisotopic (exact) mass is 343 g/mol. The number of alkyl halides is 1. The predicted molar refractivity (Wildman–Crippen MR) is 82.8 cm³/mol. The van der Waals surface area contributed by atoms with Gasteiger partial charge < -0.3 is 4.90 Å². The Labute approximate surface area is 128 Å². The number of carbonyl (C=O) groups excluding carboxylic acids is 1. The van der Waals surface area contributed by atoms with E-state index in [9.17, 15) is 4.79 Å². The van der Waals surface area contributed by atoms with E-state index in [0.717, 1.165) is 41.5 Å². The molecule has 0 spiro atoms. The molecule has 1 amide bonds. The zero-order valence-corrected chi connectivity index (χ0v) is 13.7. The SMILES string of the molecule is Cc1ccc(Br)c(C(=O)N2CCC(C(C)Cl)CC2)c1. The highest BCUT2D eigenvalue weighted by Crippen LogP contribution is 2.26. The molecule has 1 aromatic rings. The van der Waals surface area contributed by atoms with Crippen LogP contribution in [-0.4, -0.2) is 29.3 Å². The van der Waals surface area contributed by atoms with Gasteiger partial charge in [0.15, 0.2) is 0 Å². The van der Waals surface area contributed by atoms with E-state index in [-0.39, 0.29) is 11.3 Å². The summed E-state index contributed by atoms with van der Waals surface area (Å²) in [6, 6.07) is 5.89. The number of halogens is 2. The van der Waals surface area contributed by atoms with Crippen LogP contribution in [0.1, 0.15) is 35.7 Å². The third kappa shape index (κ3) is 3.51. The van der Waals surface area contributed by atoms with Gasteiger partial charge in [0.2, 0.25) is 0 Å². The summed E-state index contributed by atoms with van der Waals surface area (Å²) in [5, 5.41) is 0.197. The normalized spacial score (nSPS) is 18.4. The number of hydrogen-bond donors (Lipinski definition) is 0. The van der Waals surface area contributed by atoms with Gasteiger partial charge in [0.25, 0.3) is 5.91 Å². The maximum absolute atomic E-state index is 12.5. The fourth-order valence-electron chi connectivity index (χ4n) is 2.54. The van der Waals surface area contributed by atoms with Gasteiger partial charge in [-0.3, -0.25) is 4.79 Å². The molecule has 0 saturated carbocycles. The van der Waals surface area contributed by atoms with Gasteiger partial charge >= 0.3 is 0 Å². The molecular formula is C15H19BrClNO. The molecule has 1 aromatic carbocycles. The van der Waals surface area contributed by atoms with Gasteiger partial charge in [-0.1, -0.05) is 11.6 Å². The van der Waals surface area contributed by atoms with E-state index in [1.807, 2.05) is 36.9 Å². The molecule has 104 valence electrons. The molecule has 1 aliphatic rings. The predicted octanol–water partition coefficient (Wildman–Crippen LogP) is 4.24. The fourth-order valence-corrected chi connectivity index (χ4v) is 3.20. The number of amides is 1. The van der Waals surface area contributed by atoms with Crippen molar-refractivity contribution in [2.75, 3.05) is 13.1 Å². The van der Waals surface area contributed by atoms with Crippen molar-refractivity contribution in [3.05, 3.63) is 33.8 Å². The molecule has 0 radical (unpaired) electrons. The molecule has 1 aliphatic heterocycles. The highest BCUT2D eigenvalue weighted by molar-refractivity contribution is 9.10. The van der Waals surface area contributed by atoms with Crippen molar-refractivity contribution in [1.82, 2.24) is 4.90 Å². The molecule has 1 saturated heterocycles. The Kier molecular flexibility index (Phi) is 4.91. The third-order valence-electron chi connectivity index (χ3n) is 3.83. The van der Waals surface area contributed by atoms with Crippen LogP contribution in [0.2, 0.25) is 0 Å². The first-order valence-corrected chi connectivity index (χ1v) is 7.91. The zero-order valence-electron chi connectivity index (χ0n) is 11.3. The summed E-state index contributed by atoms with van der Waals surface area (Å²) in [6.45, 7) is 5.66. The number of likely N-dealkylation sites (tertiary alicyclic amines) is 1.